The lowest BCUT2D eigenvalue weighted by Crippen LogP contribution is -2.25. The lowest BCUT2D eigenvalue weighted by molar-refractivity contribution is -0.129. The highest BCUT2D eigenvalue weighted by Gasteiger charge is 2.16. The van der Waals surface area contributed by atoms with Gasteiger partial charge in [0.05, 0.1) is 4.47 Å². The summed E-state index contributed by atoms with van der Waals surface area (Å²) in [5, 5.41) is 0. The standard InChI is InChI=1S/C13H16BrFO2/c1-3-13(17-4-2)12(16)8-9-5-6-11(15)10(14)7-9/h5-7,13H,3-4,8H2,1-2H3. The topological polar surface area (TPSA) is 26.3 Å². The SMILES string of the molecule is CCOC(CC)C(=O)Cc1ccc(F)c(Br)c1. The number of hydrogen-bond acceptors (Lipinski definition) is 2. The molecule has 2 nitrogen and oxygen atoms in total. The van der Waals surface area contributed by atoms with Crippen LogP contribution in [0.15, 0.2) is 22.7 Å². The van der Waals surface area contributed by atoms with Crippen molar-refractivity contribution < 1.29 is 13.9 Å². The molecule has 0 radical (unpaired) electrons. The van der Waals surface area contributed by atoms with Gasteiger partial charge in [0.15, 0.2) is 5.78 Å². The van der Waals surface area contributed by atoms with Gasteiger partial charge in [-0.05, 0) is 47.0 Å². The molecule has 1 aromatic rings. The van der Waals surface area contributed by atoms with Gasteiger partial charge in [-0.25, -0.2) is 4.39 Å². The normalized spacial score (nSPS) is 12.5. The Labute approximate surface area is 109 Å². The summed E-state index contributed by atoms with van der Waals surface area (Å²) in [6.07, 6.45) is 0.579. The summed E-state index contributed by atoms with van der Waals surface area (Å²) in [5.74, 6) is -0.286. The minimum atomic E-state index is -0.358. The molecule has 1 atom stereocenters. The molecule has 0 saturated carbocycles. The first-order valence-corrected chi connectivity index (χ1v) is 6.46. The smallest absolute Gasteiger partial charge is 0.165 e. The Morgan fingerprint density at radius 2 is 2.18 bits per heavy atom. The molecule has 0 saturated heterocycles. The fourth-order valence-corrected chi connectivity index (χ4v) is 2.03. The van der Waals surface area contributed by atoms with E-state index < -0.39 is 0 Å². The molecular weight excluding hydrogens is 287 g/mol. The largest absolute Gasteiger partial charge is 0.371 e. The predicted molar refractivity (Wildman–Crippen MR) is 68.5 cm³/mol. The third-order valence-corrected chi connectivity index (χ3v) is 3.07. The highest BCUT2D eigenvalue weighted by Crippen LogP contribution is 2.18. The molecule has 1 unspecified atom stereocenters. The van der Waals surface area contributed by atoms with Gasteiger partial charge >= 0.3 is 0 Å². The molecule has 0 fully saturated rings. The van der Waals surface area contributed by atoms with E-state index in [1.807, 2.05) is 13.8 Å². The zero-order valence-corrected chi connectivity index (χ0v) is 11.6. The molecule has 0 aromatic heterocycles. The quantitative estimate of drug-likeness (QED) is 0.804. The number of rotatable bonds is 6. The van der Waals surface area contributed by atoms with Gasteiger partial charge < -0.3 is 4.74 Å². The lowest BCUT2D eigenvalue weighted by Gasteiger charge is -2.13. The maximum absolute atomic E-state index is 13.0. The van der Waals surface area contributed by atoms with Crippen LogP contribution in [0.4, 0.5) is 4.39 Å². The van der Waals surface area contributed by atoms with Crippen LogP contribution >= 0.6 is 15.9 Å². The minimum absolute atomic E-state index is 0.0351. The lowest BCUT2D eigenvalue weighted by atomic mass is 10.0. The van der Waals surface area contributed by atoms with Gasteiger partial charge in [-0.3, -0.25) is 4.79 Å². The molecule has 0 bridgehead atoms. The number of ether oxygens (including phenoxy) is 1. The fraction of sp³-hybridized carbons (Fsp3) is 0.462. The molecule has 94 valence electrons. The first-order chi connectivity index (χ1) is 8.08. The molecule has 0 heterocycles. The Bertz CT molecular complexity index is 393. The molecule has 0 aliphatic rings. The number of carbonyl (C=O) groups is 1. The van der Waals surface area contributed by atoms with Gasteiger partial charge in [0, 0.05) is 13.0 Å². The van der Waals surface area contributed by atoms with Crippen LogP contribution in [-0.4, -0.2) is 18.5 Å². The van der Waals surface area contributed by atoms with E-state index in [-0.39, 0.29) is 24.1 Å². The summed E-state index contributed by atoms with van der Waals surface area (Å²) in [6.45, 7) is 4.31. The first kappa shape index (κ1) is 14.3. The van der Waals surface area contributed by atoms with Crippen LogP contribution in [0.25, 0.3) is 0 Å². The van der Waals surface area contributed by atoms with Crippen LogP contribution < -0.4 is 0 Å². The van der Waals surface area contributed by atoms with Crippen molar-refractivity contribution in [3.05, 3.63) is 34.1 Å². The number of Topliss-reactive ketones (excluding diaryl/α,β-unsaturated/α-hetero) is 1. The second-order valence-electron chi connectivity index (χ2n) is 3.74. The van der Waals surface area contributed by atoms with E-state index in [0.717, 1.165) is 5.56 Å². The molecule has 0 spiro atoms. The summed E-state index contributed by atoms with van der Waals surface area (Å²) < 4.78 is 18.8. The van der Waals surface area contributed by atoms with Gasteiger partial charge in [0.1, 0.15) is 11.9 Å². The Morgan fingerprint density at radius 3 is 2.71 bits per heavy atom. The van der Waals surface area contributed by atoms with E-state index in [2.05, 4.69) is 15.9 Å². The van der Waals surface area contributed by atoms with Crippen molar-refractivity contribution >= 4 is 21.7 Å². The highest BCUT2D eigenvalue weighted by atomic mass is 79.9. The van der Waals surface area contributed by atoms with Gasteiger partial charge in [-0.15, -0.1) is 0 Å². The summed E-state index contributed by atoms with van der Waals surface area (Å²) in [7, 11) is 0. The number of carbonyl (C=O) groups excluding carboxylic acids is 1. The summed E-state index contributed by atoms with van der Waals surface area (Å²) in [5.41, 5.74) is 0.793. The van der Waals surface area contributed by atoms with Crippen LogP contribution in [0.5, 0.6) is 0 Å². The minimum Gasteiger partial charge on any atom is -0.371 e. The van der Waals surface area contributed by atoms with E-state index in [1.165, 1.54) is 6.07 Å². The van der Waals surface area contributed by atoms with Crippen molar-refractivity contribution in [2.45, 2.75) is 32.8 Å². The van der Waals surface area contributed by atoms with E-state index in [9.17, 15) is 9.18 Å². The van der Waals surface area contributed by atoms with Crippen molar-refractivity contribution in [1.29, 1.82) is 0 Å². The van der Waals surface area contributed by atoms with Gasteiger partial charge in [0.2, 0.25) is 0 Å². The Kier molecular flexibility index (Phi) is 5.78. The van der Waals surface area contributed by atoms with Crippen LogP contribution in [0, 0.1) is 5.82 Å². The molecule has 0 N–H and O–H groups in total. The maximum Gasteiger partial charge on any atom is 0.165 e. The zero-order chi connectivity index (χ0) is 12.8. The molecule has 17 heavy (non-hydrogen) atoms. The van der Waals surface area contributed by atoms with Crippen molar-refractivity contribution in [1.82, 2.24) is 0 Å². The van der Waals surface area contributed by atoms with Crippen molar-refractivity contribution in [3.63, 3.8) is 0 Å². The molecule has 1 aromatic carbocycles. The van der Waals surface area contributed by atoms with E-state index >= 15 is 0 Å². The molecule has 4 heteroatoms. The molecular formula is C13H16BrFO2. The van der Waals surface area contributed by atoms with Gasteiger partial charge in [-0.2, -0.15) is 0 Å². The fourth-order valence-electron chi connectivity index (χ4n) is 1.60. The number of halogens is 2. The molecule has 0 aliphatic heterocycles. The zero-order valence-electron chi connectivity index (χ0n) is 10.0. The monoisotopic (exact) mass is 302 g/mol. The van der Waals surface area contributed by atoms with Crippen molar-refractivity contribution in [3.8, 4) is 0 Å². The average Bonchev–Trinajstić information content (AvgIpc) is 2.30. The number of hydrogen-bond donors (Lipinski definition) is 0. The summed E-state index contributed by atoms with van der Waals surface area (Å²) in [4.78, 5) is 11.9. The molecule has 0 aliphatic carbocycles. The van der Waals surface area contributed by atoms with Crippen molar-refractivity contribution in [2.24, 2.45) is 0 Å². The number of ketones is 1. The van der Waals surface area contributed by atoms with Gasteiger partial charge in [-0.1, -0.05) is 13.0 Å². The second kappa shape index (κ2) is 6.87. The van der Waals surface area contributed by atoms with Crippen molar-refractivity contribution in [2.75, 3.05) is 6.61 Å². The van der Waals surface area contributed by atoms with E-state index in [1.54, 1.807) is 12.1 Å². The van der Waals surface area contributed by atoms with Crippen LogP contribution in [0.2, 0.25) is 0 Å². The van der Waals surface area contributed by atoms with Crippen LogP contribution in [0.3, 0.4) is 0 Å². The summed E-state index contributed by atoms with van der Waals surface area (Å²) >= 11 is 3.10. The summed E-state index contributed by atoms with van der Waals surface area (Å²) in [6, 6.07) is 4.61. The van der Waals surface area contributed by atoms with E-state index in [4.69, 9.17) is 4.74 Å². The first-order valence-electron chi connectivity index (χ1n) is 5.66. The Morgan fingerprint density at radius 1 is 1.47 bits per heavy atom. The van der Waals surface area contributed by atoms with Crippen LogP contribution in [0.1, 0.15) is 25.8 Å². The molecule has 0 amide bonds. The van der Waals surface area contributed by atoms with Crippen LogP contribution in [-0.2, 0) is 16.0 Å². The predicted octanol–water partition coefficient (Wildman–Crippen LogP) is 3.51. The highest BCUT2D eigenvalue weighted by molar-refractivity contribution is 9.10. The van der Waals surface area contributed by atoms with Gasteiger partial charge in [0.25, 0.3) is 0 Å². The van der Waals surface area contributed by atoms with E-state index in [0.29, 0.717) is 17.5 Å². The average molecular weight is 303 g/mol. The third kappa shape index (κ3) is 4.21. The second-order valence-corrected chi connectivity index (χ2v) is 4.60. The molecule has 1 rings (SSSR count). The Balaban J connectivity index is 2.69. The Hall–Kier alpha value is -0.740. The maximum atomic E-state index is 13.0. The number of benzene rings is 1. The third-order valence-electron chi connectivity index (χ3n) is 2.46.